The monoisotopic (exact) mass is 430 g/mol. The minimum atomic E-state index is -0.642. The first-order valence-corrected chi connectivity index (χ1v) is 10.3. The molecule has 4 rings (SSSR count). The van der Waals surface area contributed by atoms with Gasteiger partial charge in [0.2, 0.25) is 11.8 Å². The van der Waals surface area contributed by atoms with Crippen molar-refractivity contribution in [2.24, 2.45) is 0 Å². The highest BCUT2D eigenvalue weighted by Crippen LogP contribution is 2.28. The summed E-state index contributed by atoms with van der Waals surface area (Å²) in [5.74, 6) is -1.62. The van der Waals surface area contributed by atoms with Crippen molar-refractivity contribution < 1.29 is 28.7 Å². The molecule has 0 bridgehead atoms. The van der Waals surface area contributed by atoms with Gasteiger partial charge >= 0.3 is 6.03 Å². The molecular weight excluding hydrogens is 404 g/mol. The highest BCUT2D eigenvalue weighted by Gasteiger charge is 2.39. The second-order valence-electron chi connectivity index (χ2n) is 8.41. The number of nitrogens with one attached hydrogen (secondary N) is 3. The van der Waals surface area contributed by atoms with Crippen molar-refractivity contribution >= 4 is 23.8 Å². The number of carbonyl (C=O) groups is 4. The minimum absolute atomic E-state index is 0.198. The fourth-order valence-electron chi connectivity index (χ4n) is 4.03. The van der Waals surface area contributed by atoms with Crippen molar-refractivity contribution in [1.29, 1.82) is 0 Å². The van der Waals surface area contributed by atoms with Gasteiger partial charge < -0.3 is 25.0 Å². The summed E-state index contributed by atoms with van der Waals surface area (Å²) in [6.07, 6.45) is 0.346. The summed E-state index contributed by atoms with van der Waals surface area (Å²) in [5, 5.41) is 7.80. The second-order valence-corrected chi connectivity index (χ2v) is 8.41. The molecule has 0 aliphatic carbocycles. The zero-order valence-electron chi connectivity index (χ0n) is 17.5. The normalized spacial score (nSPS) is 24.7. The Balaban J connectivity index is 1.30. The van der Waals surface area contributed by atoms with E-state index in [2.05, 4.69) is 16.0 Å². The molecule has 10 nitrogen and oxygen atoms in total. The maximum Gasteiger partial charge on any atom is 0.315 e. The summed E-state index contributed by atoms with van der Waals surface area (Å²) < 4.78 is 11.1. The lowest BCUT2D eigenvalue weighted by atomic mass is 10.0. The Bertz CT molecular complexity index is 930. The fourth-order valence-corrected chi connectivity index (χ4v) is 4.03. The molecule has 1 aromatic carbocycles. The van der Waals surface area contributed by atoms with E-state index in [0.717, 1.165) is 11.1 Å². The number of hydrogen-bond donors (Lipinski definition) is 3. The predicted molar refractivity (Wildman–Crippen MR) is 108 cm³/mol. The van der Waals surface area contributed by atoms with E-state index >= 15 is 0 Å². The van der Waals surface area contributed by atoms with Crippen LogP contribution >= 0.6 is 0 Å². The van der Waals surface area contributed by atoms with Gasteiger partial charge in [-0.1, -0.05) is 12.1 Å². The smallest absolute Gasteiger partial charge is 0.315 e. The molecule has 166 valence electrons. The average Bonchev–Trinajstić information content (AvgIpc) is 3.23. The number of benzene rings is 1. The zero-order valence-corrected chi connectivity index (χ0v) is 17.5. The molecule has 31 heavy (non-hydrogen) atoms. The van der Waals surface area contributed by atoms with Crippen molar-refractivity contribution in [3.05, 3.63) is 34.9 Å². The van der Waals surface area contributed by atoms with E-state index in [-0.39, 0.29) is 36.9 Å². The third-order valence-electron chi connectivity index (χ3n) is 5.60. The Kier molecular flexibility index (Phi) is 5.67. The third kappa shape index (κ3) is 4.70. The average molecular weight is 430 g/mol. The van der Waals surface area contributed by atoms with Gasteiger partial charge in [-0.25, -0.2) is 4.79 Å². The van der Waals surface area contributed by atoms with Gasteiger partial charge in [0, 0.05) is 31.6 Å². The van der Waals surface area contributed by atoms with Gasteiger partial charge in [0.05, 0.1) is 6.61 Å². The Labute approximate surface area is 179 Å². The Morgan fingerprint density at radius 1 is 1.26 bits per heavy atom. The summed E-state index contributed by atoms with van der Waals surface area (Å²) in [5.41, 5.74) is 2.11. The summed E-state index contributed by atoms with van der Waals surface area (Å²) in [6, 6.07) is 4.43. The highest BCUT2D eigenvalue weighted by molar-refractivity contribution is 6.05. The van der Waals surface area contributed by atoms with Crippen molar-refractivity contribution in [3.63, 3.8) is 0 Å². The molecule has 0 aromatic heterocycles. The topological polar surface area (TPSA) is 126 Å². The molecular formula is C21H26N4O6. The van der Waals surface area contributed by atoms with Crippen LogP contribution in [-0.4, -0.2) is 59.7 Å². The van der Waals surface area contributed by atoms with Crippen LogP contribution in [0.25, 0.3) is 0 Å². The Hall–Kier alpha value is -2.98. The SMILES string of the molecule is CC1(C)OC[C@@H](CNC(=O)NCc2ccc3c(c2)C(=O)N(C2CCC(=O)NC2=O)C3)O1. The molecule has 2 fully saturated rings. The first kappa shape index (κ1) is 21.3. The van der Waals surface area contributed by atoms with Crippen LogP contribution < -0.4 is 16.0 Å². The van der Waals surface area contributed by atoms with Crippen LogP contribution in [0.2, 0.25) is 0 Å². The van der Waals surface area contributed by atoms with E-state index in [4.69, 9.17) is 9.47 Å². The van der Waals surface area contributed by atoms with Crippen molar-refractivity contribution in [3.8, 4) is 0 Å². The summed E-state index contributed by atoms with van der Waals surface area (Å²) in [4.78, 5) is 49.9. The number of piperidine rings is 1. The van der Waals surface area contributed by atoms with Crippen LogP contribution in [0.4, 0.5) is 4.79 Å². The van der Waals surface area contributed by atoms with Crippen molar-refractivity contribution in [2.45, 2.75) is 57.7 Å². The number of imide groups is 1. The number of hydrogen-bond acceptors (Lipinski definition) is 6. The maximum atomic E-state index is 12.9. The van der Waals surface area contributed by atoms with Crippen molar-refractivity contribution in [1.82, 2.24) is 20.9 Å². The molecule has 3 aliphatic rings. The lowest BCUT2D eigenvalue weighted by Crippen LogP contribution is -2.52. The molecule has 2 saturated heterocycles. The van der Waals surface area contributed by atoms with Crippen LogP contribution in [0.15, 0.2) is 18.2 Å². The largest absolute Gasteiger partial charge is 0.348 e. The first-order valence-electron chi connectivity index (χ1n) is 10.3. The van der Waals surface area contributed by atoms with E-state index < -0.39 is 17.7 Å². The molecule has 3 aliphatic heterocycles. The molecule has 0 radical (unpaired) electrons. The molecule has 1 unspecified atom stereocenters. The molecule has 10 heteroatoms. The predicted octanol–water partition coefficient (Wildman–Crippen LogP) is 0.398. The van der Waals surface area contributed by atoms with Crippen LogP contribution in [0.3, 0.4) is 0 Å². The quantitative estimate of drug-likeness (QED) is 0.581. The minimum Gasteiger partial charge on any atom is -0.348 e. The number of urea groups is 1. The number of fused-ring (bicyclic) bond motifs is 1. The number of nitrogens with zero attached hydrogens (tertiary/aromatic N) is 1. The maximum absolute atomic E-state index is 12.9. The lowest BCUT2D eigenvalue weighted by Gasteiger charge is -2.29. The highest BCUT2D eigenvalue weighted by atomic mass is 16.7. The van der Waals surface area contributed by atoms with Crippen LogP contribution in [0, 0.1) is 0 Å². The summed E-state index contributed by atoms with van der Waals surface area (Å²) in [7, 11) is 0. The van der Waals surface area contributed by atoms with Gasteiger partial charge in [0.1, 0.15) is 12.1 Å². The van der Waals surface area contributed by atoms with Crippen LogP contribution in [0.1, 0.15) is 48.2 Å². The van der Waals surface area contributed by atoms with E-state index in [1.54, 1.807) is 6.07 Å². The molecule has 1 aromatic rings. The third-order valence-corrected chi connectivity index (χ3v) is 5.60. The van der Waals surface area contributed by atoms with E-state index in [1.165, 1.54) is 4.90 Å². The van der Waals surface area contributed by atoms with Gasteiger partial charge in [0.25, 0.3) is 5.91 Å². The Morgan fingerprint density at radius 2 is 2.06 bits per heavy atom. The first-order chi connectivity index (χ1) is 14.7. The number of carbonyl (C=O) groups excluding carboxylic acids is 4. The van der Waals surface area contributed by atoms with Crippen LogP contribution in [-0.2, 0) is 32.2 Å². The molecule has 0 spiro atoms. The van der Waals surface area contributed by atoms with Crippen LogP contribution in [0.5, 0.6) is 0 Å². The lowest BCUT2D eigenvalue weighted by molar-refractivity contribution is -0.138. The van der Waals surface area contributed by atoms with Gasteiger partial charge in [-0.3, -0.25) is 19.7 Å². The molecule has 5 amide bonds. The van der Waals surface area contributed by atoms with Gasteiger partial charge in [-0.05, 0) is 37.5 Å². The van der Waals surface area contributed by atoms with Gasteiger partial charge in [0.15, 0.2) is 5.79 Å². The standard InChI is InChI=1S/C21H26N4O6/c1-21(2)30-11-14(31-21)9-23-20(29)22-8-12-3-4-13-10-25(19(28)15(13)7-12)16-5-6-17(26)24-18(16)27/h3-4,7,14,16H,5-6,8-11H2,1-2H3,(H2,22,23,29)(H,24,26,27)/t14-,16?/m1/s1. The number of amides is 5. The molecule has 3 N–H and O–H groups in total. The van der Waals surface area contributed by atoms with E-state index in [1.807, 2.05) is 26.0 Å². The molecule has 0 saturated carbocycles. The molecule has 3 heterocycles. The van der Waals surface area contributed by atoms with Crippen molar-refractivity contribution in [2.75, 3.05) is 13.2 Å². The van der Waals surface area contributed by atoms with E-state index in [9.17, 15) is 19.2 Å². The zero-order chi connectivity index (χ0) is 22.2. The summed E-state index contributed by atoms with van der Waals surface area (Å²) in [6.45, 7) is 4.97. The second kappa shape index (κ2) is 8.27. The number of ether oxygens (including phenoxy) is 2. The molecule has 2 atom stereocenters. The fraction of sp³-hybridized carbons (Fsp3) is 0.524. The number of rotatable bonds is 5. The summed E-state index contributed by atoms with van der Waals surface area (Å²) >= 11 is 0. The van der Waals surface area contributed by atoms with Gasteiger partial charge in [-0.15, -0.1) is 0 Å². The van der Waals surface area contributed by atoms with Gasteiger partial charge in [-0.2, -0.15) is 0 Å². The Morgan fingerprint density at radius 3 is 2.77 bits per heavy atom. The van der Waals surface area contributed by atoms with E-state index in [0.29, 0.717) is 31.7 Å².